The molecule has 0 saturated heterocycles. The number of benzene rings is 1. The minimum atomic E-state index is 0.104. The first-order valence-corrected chi connectivity index (χ1v) is 6.60. The Hall–Kier alpha value is -0.540. The molecule has 1 aliphatic heterocycles. The van der Waals surface area contributed by atoms with E-state index in [9.17, 15) is 0 Å². The second-order valence-electron chi connectivity index (χ2n) is 4.67. The third kappa shape index (κ3) is 2.25. The first-order valence-electron chi connectivity index (χ1n) is 5.81. The summed E-state index contributed by atoms with van der Waals surface area (Å²) in [4.78, 5) is 0. The maximum Gasteiger partial charge on any atom is 0.127 e. The lowest BCUT2D eigenvalue weighted by molar-refractivity contribution is 0.312. The van der Waals surface area contributed by atoms with E-state index in [1.54, 1.807) is 0 Å². The fourth-order valence-electron chi connectivity index (χ4n) is 2.14. The summed E-state index contributed by atoms with van der Waals surface area (Å²) >= 11 is 3.55. The van der Waals surface area contributed by atoms with Gasteiger partial charge in [0.25, 0.3) is 0 Å². The number of ether oxygens (including phenoxy) is 1. The van der Waals surface area contributed by atoms with E-state index in [0.717, 1.165) is 35.2 Å². The predicted molar refractivity (Wildman–Crippen MR) is 69.9 cm³/mol. The van der Waals surface area contributed by atoms with Crippen molar-refractivity contribution < 1.29 is 4.74 Å². The van der Waals surface area contributed by atoms with Crippen LogP contribution in [-0.4, -0.2) is 6.61 Å². The van der Waals surface area contributed by atoms with Crippen LogP contribution < -0.4 is 10.5 Å². The molecule has 3 heteroatoms. The molecule has 1 aromatic rings. The summed E-state index contributed by atoms with van der Waals surface area (Å²) in [5.74, 6) is 1.47. The van der Waals surface area contributed by atoms with Gasteiger partial charge in [-0.1, -0.05) is 29.8 Å². The second-order valence-corrected chi connectivity index (χ2v) is 5.58. The van der Waals surface area contributed by atoms with E-state index in [-0.39, 0.29) is 6.04 Å². The molecule has 1 aromatic carbocycles. The van der Waals surface area contributed by atoms with E-state index in [2.05, 4.69) is 41.9 Å². The van der Waals surface area contributed by atoms with Gasteiger partial charge in [0.1, 0.15) is 5.75 Å². The molecule has 0 aliphatic carbocycles. The Kier molecular flexibility index (Phi) is 3.55. The number of rotatable bonds is 1. The molecule has 0 bridgehead atoms. The van der Waals surface area contributed by atoms with Crippen molar-refractivity contribution in [2.24, 2.45) is 5.73 Å². The highest BCUT2D eigenvalue weighted by molar-refractivity contribution is 9.10. The van der Waals surface area contributed by atoms with Crippen molar-refractivity contribution in [3.63, 3.8) is 0 Å². The van der Waals surface area contributed by atoms with Gasteiger partial charge in [0.15, 0.2) is 0 Å². The van der Waals surface area contributed by atoms with Crippen LogP contribution in [0.15, 0.2) is 16.6 Å². The molecular weight excluding hydrogens is 266 g/mol. The summed E-state index contributed by atoms with van der Waals surface area (Å²) in [5, 5.41) is 0. The zero-order chi connectivity index (χ0) is 11.7. The van der Waals surface area contributed by atoms with Crippen LogP contribution in [0.5, 0.6) is 5.75 Å². The molecule has 0 aromatic heterocycles. The van der Waals surface area contributed by atoms with E-state index >= 15 is 0 Å². The third-order valence-corrected chi connectivity index (χ3v) is 3.50. The number of hydrogen-bond donors (Lipinski definition) is 1. The fourth-order valence-corrected chi connectivity index (χ4v) is 2.63. The lowest BCUT2D eigenvalue weighted by Crippen LogP contribution is -2.10. The van der Waals surface area contributed by atoms with E-state index in [0.29, 0.717) is 5.92 Å². The summed E-state index contributed by atoms with van der Waals surface area (Å²) < 4.78 is 6.96. The Morgan fingerprint density at radius 1 is 1.44 bits per heavy atom. The minimum absolute atomic E-state index is 0.104. The van der Waals surface area contributed by atoms with Crippen LogP contribution in [0.2, 0.25) is 0 Å². The van der Waals surface area contributed by atoms with Gasteiger partial charge in [-0.15, -0.1) is 0 Å². The zero-order valence-corrected chi connectivity index (χ0v) is 11.4. The van der Waals surface area contributed by atoms with Gasteiger partial charge in [0.05, 0.1) is 6.61 Å². The first kappa shape index (κ1) is 11.9. The molecule has 0 spiro atoms. The smallest absolute Gasteiger partial charge is 0.127 e. The van der Waals surface area contributed by atoms with Crippen molar-refractivity contribution in [2.75, 3.05) is 6.61 Å². The molecule has 1 atom stereocenters. The molecule has 0 amide bonds. The van der Waals surface area contributed by atoms with Gasteiger partial charge in [-0.3, -0.25) is 0 Å². The minimum Gasteiger partial charge on any atom is -0.493 e. The maximum absolute atomic E-state index is 6.18. The topological polar surface area (TPSA) is 35.2 Å². The number of halogens is 1. The molecule has 88 valence electrons. The Labute approximate surface area is 105 Å². The highest BCUT2D eigenvalue weighted by atomic mass is 79.9. The molecule has 0 unspecified atom stereocenters. The average molecular weight is 284 g/mol. The number of fused-ring (bicyclic) bond motifs is 1. The first-order chi connectivity index (χ1) is 7.59. The highest BCUT2D eigenvalue weighted by Gasteiger charge is 2.21. The quantitative estimate of drug-likeness (QED) is 0.852. The highest BCUT2D eigenvalue weighted by Crippen LogP contribution is 2.38. The molecule has 0 radical (unpaired) electrons. The van der Waals surface area contributed by atoms with Crippen molar-refractivity contribution >= 4 is 15.9 Å². The molecular formula is C13H18BrNO. The van der Waals surface area contributed by atoms with Crippen LogP contribution in [0.1, 0.15) is 49.8 Å². The zero-order valence-electron chi connectivity index (χ0n) is 9.79. The van der Waals surface area contributed by atoms with Gasteiger partial charge in [-0.05, 0) is 36.5 Å². The standard InChI is InChI=1S/C13H18BrNO/c1-8(2)10-6-9(14)7-11-12(15)4-3-5-16-13(10)11/h6-8,12H,3-5,15H2,1-2H3/t12-/m1/s1. The second kappa shape index (κ2) is 4.76. The molecule has 2 nitrogen and oxygen atoms in total. The largest absolute Gasteiger partial charge is 0.493 e. The fraction of sp³-hybridized carbons (Fsp3) is 0.538. The monoisotopic (exact) mass is 283 g/mol. The van der Waals surface area contributed by atoms with Crippen LogP contribution in [0.3, 0.4) is 0 Å². The van der Waals surface area contributed by atoms with Crippen molar-refractivity contribution in [1.82, 2.24) is 0 Å². The van der Waals surface area contributed by atoms with E-state index < -0.39 is 0 Å². The number of hydrogen-bond acceptors (Lipinski definition) is 2. The molecule has 1 aliphatic rings. The molecule has 2 N–H and O–H groups in total. The van der Waals surface area contributed by atoms with Crippen molar-refractivity contribution in [3.8, 4) is 5.75 Å². The van der Waals surface area contributed by atoms with Crippen molar-refractivity contribution in [2.45, 2.75) is 38.6 Å². The molecule has 0 fully saturated rings. The summed E-state index contributed by atoms with van der Waals surface area (Å²) in [5.41, 5.74) is 8.58. The van der Waals surface area contributed by atoms with Gasteiger partial charge >= 0.3 is 0 Å². The summed E-state index contributed by atoms with van der Waals surface area (Å²) in [7, 11) is 0. The van der Waals surface area contributed by atoms with Crippen LogP contribution in [0.25, 0.3) is 0 Å². The lowest BCUT2D eigenvalue weighted by Gasteiger charge is -2.18. The van der Waals surface area contributed by atoms with E-state index in [4.69, 9.17) is 10.5 Å². The van der Waals surface area contributed by atoms with Crippen molar-refractivity contribution in [3.05, 3.63) is 27.7 Å². The van der Waals surface area contributed by atoms with Crippen LogP contribution in [-0.2, 0) is 0 Å². The Bertz CT molecular complexity index is 390. The molecule has 2 rings (SSSR count). The van der Waals surface area contributed by atoms with Gasteiger partial charge in [0, 0.05) is 16.1 Å². The average Bonchev–Trinajstić information content (AvgIpc) is 2.40. The summed E-state index contributed by atoms with van der Waals surface area (Å²) in [6, 6.07) is 4.34. The van der Waals surface area contributed by atoms with Crippen molar-refractivity contribution in [1.29, 1.82) is 0 Å². The Morgan fingerprint density at radius 2 is 2.19 bits per heavy atom. The van der Waals surface area contributed by atoms with Gasteiger partial charge in [-0.2, -0.15) is 0 Å². The van der Waals surface area contributed by atoms with Crippen LogP contribution in [0, 0.1) is 0 Å². The summed E-state index contributed by atoms with van der Waals surface area (Å²) in [6.07, 6.45) is 2.03. The SMILES string of the molecule is CC(C)c1cc(Br)cc2c1OCCC[C@H]2N. The lowest BCUT2D eigenvalue weighted by atomic mass is 9.95. The molecule has 1 heterocycles. The molecule has 0 saturated carbocycles. The normalized spacial score (nSPS) is 20.2. The number of nitrogens with two attached hydrogens (primary N) is 1. The van der Waals surface area contributed by atoms with Crippen LogP contribution in [0.4, 0.5) is 0 Å². The Morgan fingerprint density at radius 3 is 2.88 bits per heavy atom. The maximum atomic E-state index is 6.18. The van der Waals surface area contributed by atoms with E-state index in [1.165, 1.54) is 5.56 Å². The van der Waals surface area contributed by atoms with Gasteiger partial charge in [0.2, 0.25) is 0 Å². The summed E-state index contributed by atoms with van der Waals surface area (Å²) in [6.45, 7) is 5.14. The van der Waals surface area contributed by atoms with Gasteiger partial charge in [-0.25, -0.2) is 0 Å². The molecule has 16 heavy (non-hydrogen) atoms. The third-order valence-electron chi connectivity index (χ3n) is 3.04. The van der Waals surface area contributed by atoms with Crippen LogP contribution >= 0.6 is 15.9 Å². The predicted octanol–water partition coefficient (Wildman–Crippen LogP) is 3.74. The van der Waals surface area contributed by atoms with E-state index in [1.807, 2.05) is 0 Å². The van der Waals surface area contributed by atoms with Gasteiger partial charge < -0.3 is 10.5 Å². The Balaban J connectivity index is 2.56.